The fraction of sp³-hybridized carbons (Fsp3) is 0.692. The fourth-order valence-electron chi connectivity index (χ4n) is 2.71. The van der Waals surface area contributed by atoms with Gasteiger partial charge in [-0.2, -0.15) is 0 Å². The summed E-state index contributed by atoms with van der Waals surface area (Å²) in [7, 11) is 0. The van der Waals surface area contributed by atoms with Crippen molar-refractivity contribution in [1.82, 2.24) is 4.90 Å². The Bertz CT molecular complexity index is 334. The second-order valence-electron chi connectivity index (χ2n) is 4.74. The lowest BCUT2D eigenvalue weighted by molar-refractivity contribution is 0.137. The molecule has 0 spiro atoms. The Labute approximate surface area is 102 Å². The number of nitrogens with two attached hydrogens (primary N) is 1. The first-order valence-corrected chi connectivity index (χ1v) is 7.14. The molecule has 0 fully saturated rings. The molecule has 2 unspecified atom stereocenters. The SMILES string of the molecule is CC(CCCN)N1CCc2sccc2C1C. The lowest BCUT2D eigenvalue weighted by Crippen LogP contribution is -2.40. The Morgan fingerprint density at radius 2 is 2.44 bits per heavy atom. The summed E-state index contributed by atoms with van der Waals surface area (Å²) in [4.78, 5) is 4.22. The topological polar surface area (TPSA) is 29.3 Å². The molecule has 0 bridgehead atoms. The smallest absolute Gasteiger partial charge is 0.0333 e. The Hall–Kier alpha value is -0.380. The van der Waals surface area contributed by atoms with Crippen LogP contribution in [0.15, 0.2) is 11.4 Å². The van der Waals surface area contributed by atoms with Crippen molar-refractivity contribution in [3.05, 3.63) is 21.9 Å². The number of fused-ring (bicyclic) bond motifs is 1. The van der Waals surface area contributed by atoms with Gasteiger partial charge < -0.3 is 5.73 Å². The number of thiophene rings is 1. The molecule has 2 atom stereocenters. The summed E-state index contributed by atoms with van der Waals surface area (Å²) < 4.78 is 0. The average molecular weight is 238 g/mol. The summed E-state index contributed by atoms with van der Waals surface area (Å²) in [6, 6.07) is 3.54. The van der Waals surface area contributed by atoms with Crippen LogP contribution < -0.4 is 5.73 Å². The van der Waals surface area contributed by atoms with Crippen LogP contribution in [0.3, 0.4) is 0 Å². The van der Waals surface area contributed by atoms with Crippen molar-refractivity contribution in [2.45, 2.75) is 45.2 Å². The van der Waals surface area contributed by atoms with Gasteiger partial charge in [-0.25, -0.2) is 0 Å². The van der Waals surface area contributed by atoms with Crippen molar-refractivity contribution in [2.24, 2.45) is 5.73 Å². The second-order valence-corrected chi connectivity index (χ2v) is 5.74. The van der Waals surface area contributed by atoms with Gasteiger partial charge >= 0.3 is 0 Å². The summed E-state index contributed by atoms with van der Waals surface area (Å²) in [5.74, 6) is 0. The Morgan fingerprint density at radius 1 is 1.62 bits per heavy atom. The van der Waals surface area contributed by atoms with Gasteiger partial charge in [0, 0.05) is 23.5 Å². The van der Waals surface area contributed by atoms with Crippen LogP contribution in [0.1, 0.15) is 43.2 Å². The number of hydrogen-bond acceptors (Lipinski definition) is 3. The van der Waals surface area contributed by atoms with Gasteiger partial charge in [-0.1, -0.05) is 0 Å². The highest BCUT2D eigenvalue weighted by molar-refractivity contribution is 7.10. The van der Waals surface area contributed by atoms with E-state index >= 15 is 0 Å². The number of hydrogen-bond donors (Lipinski definition) is 1. The third kappa shape index (κ3) is 2.31. The summed E-state index contributed by atoms with van der Waals surface area (Å²) >= 11 is 1.91. The first-order valence-electron chi connectivity index (χ1n) is 6.26. The van der Waals surface area contributed by atoms with Crippen LogP contribution >= 0.6 is 11.3 Å². The molecule has 0 saturated heterocycles. The van der Waals surface area contributed by atoms with Crippen molar-refractivity contribution >= 4 is 11.3 Å². The molecule has 2 N–H and O–H groups in total. The molecule has 2 heterocycles. The Morgan fingerprint density at radius 3 is 3.19 bits per heavy atom. The summed E-state index contributed by atoms with van der Waals surface area (Å²) in [6.45, 7) is 6.70. The minimum Gasteiger partial charge on any atom is -0.330 e. The third-order valence-electron chi connectivity index (χ3n) is 3.72. The molecule has 0 saturated carbocycles. The Balaban J connectivity index is 2.03. The fourth-order valence-corrected chi connectivity index (χ4v) is 3.67. The van der Waals surface area contributed by atoms with Crippen LogP contribution in [0, 0.1) is 0 Å². The van der Waals surface area contributed by atoms with Crippen LogP contribution in [0.2, 0.25) is 0 Å². The van der Waals surface area contributed by atoms with Crippen LogP contribution in [-0.4, -0.2) is 24.0 Å². The van der Waals surface area contributed by atoms with E-state index in [0.29, 0.717) is 12.1 Å². The van der Waals surface area contributed by atoms with Gasteiger partial charge in [-0.05, 0) is 56.7 Å². The van der Waals surface area contributed by atoms with Crippen LogP contribution in [0.25, 0.3) is 0 Å². The number of rotatable bonds is 4. The van der Waals surface area contributed by atoms with Gasteiger partial charge in [0.25, 0.3) is 0 Å². The van der Waals surface area contributed by atoms with Crippen LogP contribution in [-0.2, 0) is 6.42 Å². The zero-order chi connectivity index (χ0) is 11.5. The molecule has 16 heavy (non-hydrogen) atoms. The molecule has 0 amide bonds. The molecular weight excluding hydrogens is 216 g/mol. The highest BCUT2D eigenvalue weighted by Crippen LogP contribution is 2.34. The van der Waals surface area contributed by atoms with Gasteiger partial charge in [0.05, 0.1) is 0 Å². The second kappa shape index (κ2) is 5.30. The summed E-state index contributed by atoms with van der Waals surface area (Å²) in [5.41, 5.74) is 7.14. The monoisotopic (exact) mass is 238 g/mol. The maximum absolute atomic E-state index is 5.58. The van der Waals surface area contributed by atoms with E-state index in [9.17, 15) is 0 Å². The van der Waals surface area contributed by atoms with E-state index in [2.05, 4.69) is 30.2 Å². The molecule has 1 aliphatic rings. The minimum atomic E-state index is 0.586. The Kier molecular flexibility index (Phi) is 4.00. The van der Waals surface area contributed by atoms with E-state index in [1.54, 1.807) is 10.4 Å². The normalized spacial score (nSPS) is 23.1. The van der Waals surface area contributed by atoms with Crippen molar-refractivity contribution < 1.29 is 0 Å². The predicted molar refractivity (Wildman–Crippen MR) is 70.9 cm³/mol. The maximum atomic E-state index is 5.58. The van der Waals surface area contributed by atoms with Crippen molar-refractivity contribution in [2.75, 3.05) is 13.1 Å². The van der Waals surface area contributed by atoms with E-state index in [1.807, 2.05) is 11.3 Å². The molecule has 1 aromatic heterocycles. The lowest BCUT2D eigenvalue weighted by Gasteiger charge is -2.38. The van der Waals surface area contributed by atoms with Crippen molar-refractivity contribution in [3.8, 4) is 0 Å². The van der Waals surface area contributed by atoms with Gasteiger partial charge in [-0.15, -0.1) is 11.3 Å². The van der Waals surface area contributed by atoms with E-state index in [0.717, 1.165) is 13.0 Å². The molecule has 1 aromatic rings. The predicted octanol–water partition coefficient (Wildman–Crippen LogP) is 2.79. The molecule has 3 heteroatoms. The molecule has 2 nitrogen and oxygen atoms in total. The van der Waals surface area contributed by atoms with Crippen molar-refractivity contribution in [1.29, 1.82) is 0 Å². The molecule has 0 aliphatic carbocycles. The average Bonchev–Trinajstić information content (AvgIpc) is 2.75. The van der Waals surface area contributed by atoms with E-state index in [1.165, 1.54) is 19.4 Å². The third-order valence-corrected chi connectivity index (χ3v) is 4.71. The molecule has 1 aliphatic heterocycles. The quantitative estimate of drug-likeness (QED) is 0.874. The minimum absolute atomic E-state index is 0.586. The molecule has 0 radical (unpaired) electrons. The molecule has 2 rings (SSSR count). The molecule has 90 valence electrons. The lowest BCUT2D eigenvalue weighted by atomic mass is 9.98. The highest BCUT2D eigenvalue weighted by atomic mass is 32.1. The maximum Gasteiger partial charge on any atom is 0.0333 e. The van der Waals surface area contributed by atoms with Crippen molar-refractivity contribution in [3.63, 3.8) is 0 Å². The molecule has 0 aromatic carbocycles. The number of nitrogens with zero attached hydrogens (tertiary/aromatic N) is 1. The van der Waals surface area contributed by atoms with Gasteiger partial charge in [0.2, 0.25) is 0 Å². The summed E-state index contributed by atoms with van der Waals surface area (Å²) in [5, 5.41) is 2.23. The zero-order valence-electron chi connectivity index (χ0n) is 10.3. The van der Waals surface area contributed by atoms with Crippen LogP contribution in [0.4, 0.5) is 0 Å². The van der Waals surface area contributed by atoms with Gasteiger partial charge in [0.15, 0.2) is 0 Å². The van der Waals surface area contributed by atoms with E-state index < -0.39 is 0 Å². The van der Waals surface area contributed by atoms with E-state index in [-0.39, 0.29) is 0 Å². The largest absolute Gasteiger partial charge is 0.330 e. The van der Waals surface area contributed by atoms with Crippen LogP contribution in [0.5, 0.6) is 0 Å². The first-order chi connectivity index (χ1) is 7.74. The summed E-state index contributed by atoms with van der Waals surface area (Å²) in [6.07, 6.45) is 3.59. The standard InChI is InChI=1S/C13H22N2S/c1-10(4-3-7-14)15-8-5-13-12(11(15)2)6-9-16-13/h6,9-11H,3-5,7-8,14H2,1-2H3. The zero-order valence-corrected chi connectivity index (χ0v) is 11.1. The van der Waals surface area contributed by atoms with Gasteiger partial charge in [-0.3, -0.25) is 4.90 Å². The van der Waals surface area contributed by atoms with Gasteiger partial charge in [0.1, 0.15) is 0 Å². The molecular formula is C13H22N2S. The highest BCUT2D eigenvalue weighted by Gasteiger charge is 2.27. The van der Waals surface area contributed by atoms with E-state index in [4.69, 9.17) is 5.73 Å². The first kappa shape index (κ1) is 12.1.